The standard InChI is InChI=1S/C21H24FN3O2/c1-15-8-2-3-9-16(15)14-25-13-7-6-12-19(20(25)26)24-21(27)23-18-11-5-4-10-17(18)22/h2-5,8-11,19H,6-7,12-14H2,1H3,(H2,23,24,27). The molecule has 5 nitrogen and oxygen atoms in total. The van der Waals surface area contributed by atoms with Crippen molar-refractivity contribution in [2.45, 2.75) is 38.8 Å². The van der Waals surface area contributed by atoms with Crippen molar-refractivity contribution in [1.82, 2.24) is 10.2 Å². The molecule has 0 aliphatic carbocycles. The van der Waals surface area contributed by atoms with Crippen LogP contribution in [0.2, 0.25) is 0 Å². The third-order valence-electron chi connectivity index (χ3n) is 4.83. The number of rotatable bonds is 4. The first-order valence-electron chi connectivity index (χ1n) is 9.20. The van der Waals surface area contributed by atoms with Gasteiger partial charge in [-0.05, 0) is 49.4 Å². The fourth-order valence-corrected chi connectivity index (χ4v) is 3.27. The van der Waals surface area contributed by atoms with Gasteiger partial charge in [-0.1, -0.05) is 36.4 Å². The summed E-state index contributed by atoms with van der Waals surface area (Å²) in [6.07, 6.45) is 2.32. The predicted octanol–water partition coefficient (Wildman–Crippen LogP) is 3.84. The summed E-state index contributed by atoms with van der Waals surface area (Å²) in [5, 5.41) is 5.18. The first-order chi connectivity index (χ1) is 13.0. The number of likely N-dealkylation sites (tertiary alicyclic amines) is 1. The van der Waals surface area contributed by atoms with Crippen molar-refractivity contribution >= 4 is 17.6 Å². The first kappa shape index (κ1) is 18.9. The van der Waals surface area contributed by atoms with Crippen LogP contribution < -0.4 is 10.6 Å². The third-order valence-corrected chi connectivity index (χ3v) is 4.83. The van der Waals surface area contributed by atoms with Gasteiger partial charge in [0.2, 0.25) is 5.91 Å². The molecule has 0 bridgehead atoms. The Morgan fingerprint density at radius 2 is 1.89 bits per heavy atom. The molecule has 1 unspecified atom stereocenters. The Labute approximate surface area is 158 Å². The summed E-state index contributed by atoms with van der Waals surface area (Å²) in [5.74, 6) is -0.611. The lowest BCUT2D eigenvalue weighted by Gasteiger charge is -2.25. The van der Waals surface area contributed by atoms with Crippen LogP contribution in [0.4, 0.5) is 14.9 Å². The predicted molar refractivity (Wildman–Crippen MR) is 103 cm³/mol. The maximum atomic E-state index is 13.7. The van der Waals surface area contributed by atoms with E-state index in [0.29, 0.717) is 19.5 Å². The van der Waals surface area contributed by atoms with Crippen molar-refractivity contribution in [3.05, 3.63) is 65.5 Å². The van der Waals surface area contributed by atoms with Gasteiger partial charge in [0, 0.05) is 13.1 Å². The summed E-state index contributed by atoms with van der Waals surface area (Å²) in [7, 11) is 0. The Morgan fingerprint density at radius 3 is 2.67 bits per heavy atom. The molecule has 142 valence electrons. The van der Waals surface area contributed by atoms with Gasteiger partial charge >= 0.3 is 6.03 Å². The molecule has 2 aromatic rings. The number of carbonyl (C=O) groups excluding carboxylic acids is 2. The first-order valence-corrected chi connectivity index (χ1v) is 9.20. The molecule has 6 heteroatoms. The van der Waals surface area contributed by atoms with E-state index in [0.717, 1.165) is 24.0 Å². The van der Waals surface area contributed by atoms with Crippen LogP contribution in [-0.4, -0.2) is 29.4 Å². The number of carbonyl (C=O) groups is 2. The monoisotopic (exact) mass is 369 g/mol. The zero-order valence-electron chi connectivity index (χ0n) is 15.4. The van der Waals surface area contributed by atoms with Gasteiger partial charge in [0.15, 0.2) is 0 Å². The topological polar surface area (TPSA) is 61.4 Å². The SMILES string of the molecule is Cc1ccccc1CN1CCCCC(NC(=O)Nc2ccccc2F)C1=O. The molecule has 3 amide bonds. The lowest BCUT2D eigenvalue weighted by molar-refractivity contribution is -0.133. The largest absolute Gasteiger partial charge is 0.337 e. The van der Waals surface area contributed by atoms with E-state index in [1.54, 1.807) is 17.0 Å². The lowest BCUT2D eigenvalue weighted by Crippen LogP contribution is -2.48. The van der Waals surface area contributed by atoms with Gasteiger partial charge in [-0.15, -0.1) is 0 Å². The molecule has 27 heavy (non-hydrogen) atoms. The van der Waals surface area contributed by atoms with Crippen LogP contribution in [0.15, 0.2) is 48.5 Å². The number of amides is 3. The second-order valence-corrected chi connectivity index (χ2v) is 6.81. The number of nitrogens with one attached hydrogen (secondary N) is 2. The van der Waals surface area contributed by atoms with Crippen LogP contribution in [0.1, 0.15) is 30.4 Å². The van der Waals surface area contributed by atoms with Gasteiger partial charge in [-0.2, -0.15) is 0 Å². The molecular weight excluding hydrogens is 345 g/mol. The molecule has 0 radical (unpaired) electrons. The molecule has 1 heterocycles. The van der Waals surface area contributed by atoms with Crippen molar-refractivity contribution in [2.24, 2.45) is 0 Å². The second kappa shape index (κ2) is 8.66. The number of halogens is 1. The highest BCUT2D eigenvalue weighted by atomic mass is 19.1. The van der Waals surface area contributed by atoms with Gasteiger partial charge in [0.05, 0.1) is 5.69 Å². The number of hydrogen-bond donors (Lipinski definition) is 2. The summed E-state index contributed by atoms with van der Waals surface area (Å²) >= 11 is 0. The van der Waals surface area contributed by atoms with Crippen molar-refractivity contribution in [2.75, 3.05) is 11.9 Å². The van der Waals surface area contributed by atoms with Crippen molar-refractivity contribution in [3.8, 4) is 0 Å². The Hall–Kier alpha value is -2.89. The molecule has 0 saturated carbocycles. The molecule has 1 atom stereocenters. The average Bonchev–Trinajstić information content (AvgIpc) is 2.81. The number of anilines is 1. The Morgan fingerprint density at radius 1 is 1.15 bits per heavy atom. The molecule has 2 N–H and O–H groups in total. The van der Waals surface area contributed by atoms with E-state index in [-0.39, 0.29) is 11.6 Å². The Balaban J connectivity index is 1.66. The minimum absolute atomic E-state index is 0.0906. The summed E-state index contributed by atoms with van der Waals surface area (Å²) in [4.78, 5) is 27.0. The Bertz CT molecular complexity index is 825. The number of nitrogens with zero attached hydrogens (tertiary/aromatic N) is 1. The van der Waals surface area contributed by atoms with E-state index >= 15 is 0 Å². The van der Waals surface area contributed by atoms with Crippen LogP contribution in [0.5, 0.6) is 0 Å². The Kier molecular flexibility index (Phi) is 6.06. The smallest absolute Gasteiger partial charge is 0.319 e. The minimum Gasteiger partial charge on any atom is -0.337 e. The van der Waals surface area contributed by atoms with Crippen molar-refractivity contribution in [3.63, 3.8) is 0 Å². The van der Waals surface area contributed by atoms with E-state index in [1.165, 1.54) is 12.1 Å². The minimum atomic E-state index is -0.608. The molecule has 2 aromatic carbocycles. The molecule has 0 aromatic heterocycles. The van der Waals surface area contributed by atoms with Crippen LogP contribution >= 0.6 is 0 Å². The lowest BCUT2D eigenvalue weighted by atomic mass is 10.1. The van der Waals surface area contributed by atoms with E-state index < -0.39 is 17.9 Å². The maximum Gasteiger partial charge on any atom is 0.319 e. The number of urea groups is 1. The van der Waals surface area contributed by atoms with Gasteiger partial charge in [0.1, 0.15) is 11.9 Å². The molecule has 1 aliphatic rings. The van der Waals surface area contributed by atoms with Crippen LogP contribution in [0.3, 0.4) is 0 Å². The molecule has 1 fully saturated rings. The van der Waals surface area contributed by atoms with Crippen LogP contribution in [0.25, 0.3) is 0 Å². The summed E-state index contributed by atoms with van der Waals surface area (Å²) in [6.45, 7) is 3.22. The van der Waals surface area contributed by atoms with Gasteiger partial charge in [-0.25, -0.2) is 9.18 Å². The zero-order valence-corrected chi connectivity index (χ0v) is 15.4. The van der Waals surface area contributed by atoms with E-state index in [9.17, 15) is 14.0 Å². The number of para-hydroxylation sites is 1. The highest BCUT2D eigenvalue weighted by Crippen LogP contribution is 2.18. The molecule has 0 spiro atoms. The van der Waals surface area contributed by atoms with E-state index in [1.807, 2.05) is 31.2 Å². The number of aryl methyl sites for hydroxylation is 1. The second-order valence-electron chi connectivity index (χ2n) is 6.81. The van der Waals surface area contributed by atoms with Crippen molar-refractivity contribution < 1.29 is 14.0 Å². The number of hydrogen-bond acceptors (Lipinski definition) is 2. The zero-order chi connectivity index (χ0) is 19.2. The van der Waals surface area contributed by atoms with E-state index in [2.05, 4.69) is 10.6 Å². The highest BCUT2D eigenvalue weighted by Gasteiger charge is 2.28. The normalized spacial score (nSPS) is 17.3. The molecular formula is C21H24FN3O2. The van der Waals surface area contributed by atoms with Crippen molar-refractivity contribution in [1.29, 1.82) is 0 Å². The quantitative estimate of drug-likeness (QED) is 0.860. The van der Waals surface area contributed by atoms with Crippen LogP contribution in [-0.2, 0) is 11.3 Å². The fraction of sp³-hybridized carbons (Fsp3) is 0.333. The van der Waals surface area contributed by atoms with Gasteiger partial charge in [-0.3, -0.25) is 4.79 Å². The summed E-state index contributed by atoms with van der Waals surface area (Å²) in [5.41, 5.74) is 2.33. The molecule has 1 saturated heterocycles. The average molecular weight is 369 g/mol. The molecule has 1 aliphatic heterocycles. The highest BCUT2D eigenvalue weighted by molar-refractivity contribution is 5.93. The maximum absolute atomic E-state index is 13.7. The third kappa shape index (κ3) is 4.84. The number of benzene rings is 2. The van der Waals surface area contributed by atoms with Crippen LogP contribution in [0, 0.1) is 12.7 Å². The fourth-order valence-electron chi connectivity index (χ4n) is 3.27. The van der Waals surface area contributed by atoms with E-state index in [4.69, 9.17) is 0 Å². The van der Waals surface area contributed by atoms with Gasteiger partial charge in [0.25, 0.3) is 0 Å². The van der Waals surface area contributed by atoms with Gasteiger partial charge < -0.3 is 15.5 Å². The molecule has 3 rings (SSSR count). The summed E-state index contributed by atoms with van der Waals surface area (Å²) in [6, 6.07) is 12.7. The summed E-state index contributed by atoms with van der Waals surface area (Å²) < 4.78 is 13.7.